The molecule has 1 aromatic rings. The van der Waals surface area contributed by atoms with Crippen molar-refractivity contribution in [3.05, 3.63) is 22.4 Å². The molecule has 1 heterocycles. The lowest BCUT2D eigenvalue weighted by atomic mass is 9.84. The Hall–Kier alpha value is -0.380. The van der Waals surface area contributed by atoms with Gasteiger partial charge >= 0.3 is 0 Å². The SMILES string of the molecule is CC(C)(C)CC(CN)CN(Cc1ccsc1)C1CC1. The van der Waals surface area contributed by atoms with Crippen LogP contribution < -0.4 is 5.73 Å². The first-order chi connectivity index (χ1) is 8.98. The number of rotatable bonds is 7. The summed E-state index contributed by atoms with van der Waals surface area (Å²) in [6, 6.07) is 3.07. The molecule has 0 aliphatic heterocycles. The third-order valence-electron chi connectivity index (χ3n) is 3.76. The van der Waals surface area contributed by atoms with E-state index in [9.17, 15) is 0 Å². The number of nitrogens with two attached hydrogens (primary N) is 1. The molecule has 19 heavy (non-hydrogen) atoms. The summed E-state index contributed by atoms with van der Waals surface area (Å²) in [4.78, 5) is 2.66. The van der Waals surface area contributed by atoms with E-state index in [-0.39, 0.29) is 0 Å². The van der Waals surface area contributed by atoms with E-state index in [1.807, 2.05) is 0 Å². The monoisotopic (exact) mass is 280 g/mol. The minimum atomic E-state index is 0.377. The van der Waals surface area contributed by atoms with Crippen LogP contribution in [0.1, 0.15) is 45.6 Å². The van der Waals surface area contributed by atoms with Crippen LogP contribution in [-0.4, -0.2) is 24.0 Å². The first-order valence-corrected chi connectivity index (χ1v) is 8.37. The van der Waals surface area contributed by atoms with Crippen LogP contribution in [0.2, 0.25) is 0 Å². The molecule has 1 atom stereocenters. The van der Waals surface area contributed by atoms with E-state index in [0.717, 1.165) is 25.7 Å². The standard InChI is InChI=1S/C16H28N2S/c1-16(2,3)8-14(9-17)11-18(15-4-5-15)10-13-6-7-19-12-13/h6-7,12,14-15H,4-5,8-11,17H2,1-3H3. The Labute approximate surface area is 122 Å². The molecular formula is C16H28N2S. The molecule has 1 unspecified atom stereocenters. The molecule has 3 heteroatoms. The lowest BCUT2D eigenvalue weighted by Gasteiger charge is -2.30. The van der Waals surface area contributed by atoms with E-state index >= 15 is 0 Å². The van der Waals surface area contributed by atoms with Gasteiger partial charge in [-0.05, 0) is 59.5 Å². The van der Waals surface area contributed by atoms with Gasteiger partial charge in [-0.1, -0.05) is 20.8 Å². The van der Waals surface area contributed by atoms with Gasteiger partial charge in [0.25, 0.3) is 0 Å². The summed E-state index contributed by atoms with van der Waals surface area (Å²) in [6.45, 7) is 10.0. The Morgan fingerprint density at radius 3 is 2.63 bits per heavy atom. The highest BCUT2D eigenvalue weighted by atomic mass is 32.1. The molecule has 0 bridgehead atoms. The summed E-state index contributed by atoms with van der Waals surface area (Å²) in [5.41, 5.74) is 7.84. The molecule has 0 spiro atoms. The van der Waals surface area contributed by atoms with Crippen molar-refractivity contribution in [1.29, 1.82) is 0 Å². The van der Waals surface area contributed by atoms with Crippen molar-refractivity contribution < 1.29 is 0 Å². The zero-order valence-electron chi connectivity index (χ0n) is 12.6. The van der Waals surface area contributed by atoms with Crippen LogP contribution in [-0.2, 0) is 6.54 Å². The normalized spacial score (nSPS) is 17.9. The quantitative estimate of drug-likeness (QED) is 0.824. The minimum Gasteiger partial charge on any atom is -0.330 e. The highest BCUT2D eigenvalue weighted by Crippen LogP contribution is 2.31. The second-order valence-corrected chi connectivity index (χ2v) is 7.94. The molecule has 108 valence electrons. The predicted octanol–water partition coefficient (Wildman–Crippen LogP) is 3.72. The smallest absolute Gasteiger partial charge is 0.0245 e. The van der Waals surface area contributed by atoms with Crippen LogP contribution >= 0.6 is 11.3 Å². The Morgan fingerprint density at radius 2 is 2.16 bits per heavy atom. The first-order valence-electron chi connectivity index (χ1n) is 7.43. The van der Waals surface area contributed by atoms with Crippen LogP contribution in [0.5, 0.6) is 0 Å². The van der Waals surface area contributed by atoms with Crippen molar-refractivity contribution in [1.82, 2.24) is 4.90 Å². The van der Waals surface area contributed by atoms with Gasteiger partial charge in [-0.25, -0.2) is 0 Å². The summed E-state index contributed by atoms with van der Waals surface area (Å²) >= 11 is 1.80. The van der Waals surface area contributed by atoms with Crippen LogP contribution in [0, 0.1) is 11.3 Å². The van der Waals surface area contributed by atoms with E-state index in [1.54, 1.807) is 11.3 Å². The summed E-state index contributed by atoms with van der Waals surface area (Å²) in [5, 5.41) is 4.45. The van der Waals surface area contributed by atoms with Crippen molar-refractivity contribution in [3.8, 4) is 0 Å². The van der Waals surface area contributed by atoms with Gasteiger partial charge in [-0.15, -0.1) is 0 Å². The number of hydrogen-bond donors (Lipinski definition) is 1. The fraction of sp³-hybridized carbons (Fsp3) is 0.750. The van der Waals surface area contributed by atoms with Gasteiger partial charge in [0, 0.05) is 19.1 Å². The summed E-state index contributed by atoms with van der Waals surface area (Å²) in [6.07, 6.45) is 3.96. The Bertz CT molecular complexity index is 363. The maximum Gasteiger partial charge on any atom is 0.0245 e. The number of thiophene rings is 1. The zero-order valence-corrected chi connectivity index (χ0v) is 13.4. The Morgan fingerprint density at radius 1 is 1.42 bits per heavy atom. The number of nitrogens with zero attached hydrogens (tertiary/aromatic N) is 1. The molecule has 1 saturated carbocycles. The Balaban J connectivity index is 1.91. The van der Waals surface area contributed by atoms with Gasteiger partial charge < -0.3 is 5.73 Å². The molecule has 0 radical (unpaired) electrons. The zero-order chi connectivity index (χ0) is 13.9. The molecule has 2 N–H and O–H groups in total. The first kappa shape index (κ1) is 15.0. The highest BCUT2D eigenvalue weighted by molar-refractivity contribution is 7.07. The fourth-order valence-electron chi connectivity index (χ4n) is 2.82. The van der Waals surface area contributed by atoms with Gasteiger partial charge in [0.2, 0.25) is 0 Å². The van der Waals surface area contributed by atoms with Gasteiger partial charge in [0.15, 0.2) is 0 Å². The van der Waals surface area contributed by atoms with E-state index in [4.69, 9.17) is 5.73 Å². The van der Waals surface area contributed by atoms with Gasteiger partial charge in [0.05, 0.1) is 0 Å². The van der Waals surface area contributed by atoms with Crippen molar-refractivity contribution in [3.63, 3.8) is 0 Å². The second-order valence-electron chi connectivity index (χ2n) is 7.16. The fourth-order valence-corrected chi connectivity index (χ4v) is 3.48. The van der Waals surface area contributed by atoms with Crippen molar-refractivity contribution in [2.24, 2.45) is 17.1 Å². The highest BCUT2D eigenvalue weighted by Gasteiger charge is 2.31. The van der Waals surface area contributed by atoms with Crippen molar-refractivity contribution in [2.75, 3.05) is 13.1 Å². The lowest BCUT2D eigenvalue weighted by molar-refractivity contribution is 0.181. The maximum absolute atomic E-state index is 6.00. The maximum atomic E-state index is 6.00. The van der Waals surface area contributed by atoms with Gasteiger partial charge in [-0.3, -0.25) is 4.90 Å². The van der Waals surface area contributed by atoms with E-state index < -0.39 is 0 Å². The Kier molecular flexibility index (Phi) is 5.04. The molecule has 1 aliphatic carbocycles. The average Bonchev–Trinajstić information content (AvgIpc) is 3.05. The third-order valence-corrected chi connectivity index (χ3v) is 4.49. The average molecular weight is 280 g/mol. The molecule has 1 aromatic heterocycles. The van der Waals surface area contributed by atoms with E-state index in [1.165, 1.54) is 24.8 Å². The summed E-state index contributed by atoms with van der Waals surface area (Å²) in [7, 11) is 0. The molecule has 2 rings (SSSR count). The predicted molar refractivity (Wildman–Crippen MR) is 84.4 cm³/mol. The second kappa shape index (κ2) is 6.38. The molecule has 0 saturated heterocycles. The van der Waals surface area contributed by atoms with Gasteiger partial charge in [-0.2, -0.15) is 11.3 Å². The largest absolute Gasteiger partial charge is 0.330 e. The van der Waals surface area contributed by atoms with Gasteiger partial charge in [0.1, 0.15) is 0 Å². The number of hydrogen-bond acceptors (Lipinski definition) is 3. The molecule has 0 amide bonds. The molecular weight excluding hydrogens is 252 g/mol. The summed E-state index contributed by atoms with van der Waals surface area (Å²) in [5.74, 6) is 0.624. The van der Waals surface area contributed by atoms with Crippen molar-refractivity contribution in [2.45, 2.75) is 52.6 Å². The van der Waals surface area contributed by atoms with Crippen molar-refractivity contribution >= 4 is 11.3 Å². The van der Waals surface area contributed by atoms with Crippen LogP contribution in [0.4, 0.5) is 0 Å². The van der Waals surface area contributed by atoms with Crippen LogP contribution in [0.25, 0.3) is 0 Å². The molecule has 1 aliphatic rings. The molecule has 1 fully saturated rings. The third kappa shape index (κ3) is 5.25. The lowest BCUT2D eigenvalue weighted by Crippen LogP contribution is -2.36. The molecule has 0 aromatic carbocycles. The van der Waals surface area contributed by atoms with Crippen LogP contribution in [0.15, 0.2) is 16.8 Å². The van der Waals surface area contributed by atoms with Crippen LogP contribution in [0.3, 0.4) is 0 Å². The minimum absolute atomic E-state index is 0.377. The summed E-state index contributed by atoms with van der Waals surface area (Å²) < 4.78 is 0. The van der Waals surface area contributed by atoms with E-state index in [0.29, 0.717) is 11.3 Å². The van der Waals surface area contributed by atoms with E-state index in [2.05, 4.69) is 42.5 Å². The molecule has 2 nitrogen and oxygen atoms in total. The topological polar surface area (TPSA) is 29.3 Å².